The van der Waals surface area contributed by atoms with Crippen molar-refractivity contribution in [3.8, 4) is 11.5 Å². The van der Waals surface area contributed by atoms with Gasteiger partial charge in [-0.25, -0.2) is 0 Å². The van der Waals surface area contributed by atoms with Crippen molar-refractivity contribution in [2.45, 2.75) is 39.2 Å². The molecule has 1 aromatic carbocycles. The lowest BCUT2D eigenvalue weighted by Gasteiger charge is -2.14. The van der Waals surface area contributed by atoms with E-state index in [1.54, 1.807) is 12.1 Å². The molecule has 1 aliphatic rings. The molecule has 1 amide bonds. The van der Waals surface area contributed by atoms with E-state index in [1.165, 1.54) is 0 Å². The highest BCUT2D eigenvalue weighted by Gasteiger charge is 2.20. The highest BCUT2D eigenvalue weighted by Crippen LogP contribution is 2.35. The number of carbonyl (C=O) groups excluding carboxylic acids is 1. The highest BCUT2D eigenvalue weighted by molar-refractivity contribution is 6.00. The third-order valence-corrected chi connectivity index (χ3v) is 3.16. The van der Waals surface area contributed by atoms with Crippen LogP contribution < -0.4 is 20.5 Å². The maximum Gasteiger partial charge on any atom is 0.253 e. The third-order valence-electron chi connectivity index (χ3n) is 3.16. The van der Waals surface area contributed by atoms with Gasteiger partial charge < -0.3 is 20.5 Å². The molecule has 0 bridgehead atoms. The summed E-state index contributed by atoms with van der Waals surface area (Å²) in [4.78, 5) is 12.2. The Balaban J connectivity index is 2.07. The van der Waals surface area contributed by atoms with Crippen LogP contribution in [0.5, 0.6) is 11.5 Å². The van der Waals surface area contributed by atoms with Crippen LogP contribution in [0.4, 0.5) is 5.69 Å². The Bertz CT molecular complexity index is 474. The van der Waals surface area contributed by atoms with Gasteiger partial charge in [0.25, 0.3) is 5.91 Å². The summed E-state index contributed by atoms with van der Waals surface area (Å²) in [5.41, 5.74) is 6.72. The van der Waals surface area contributed by atoms with E-state index >= 15 is 0 Å². The zero-order chi connectivity index (χ0) is 13.8. The number of amides is 1. The van der Waals surface area contributed by atoms with E-state index < -0.39 is 0 Å². The van der Waals surface area contributed by atoms with Crippen LogP contribution in [0.3, 0.4) is 0 Å². The van der Waals surface area contributed by atoms with E-state index in [2.05, 4.69) is 12.2 Å². The molecule has 1 unspecified atom stereocenters. The fraction of sp³-hybridized carbons (Fsp3) is 0.500. The first-order valence-corrected chi connectivity index (χ1v) is 6.61. The van der Waals surface area contributed by atoms with Gasteiger partial charge in [0.15, 0.2) is 11.5 Å². The number of rotatable bonds is 5. The van der Waals surface area contributed by atoms with Crippen molar-refractivity contribution >= 4 is 11.6 Å². The number of nitrogens with two attached hydrogens (primary N) is 1. The first kappa shape index (κ1) is 13.5. The minimum absolute atomic E-state index is 0.136. The first-order chi connectivity index (χ1) is 9.11. The second-order valence-electron chi connectivity index (χ2n) is 4.81. The zero-order valence-corrected chi connectivity index (χ0v) is 11.4. The minimum Gasteiger partial charge on any atom is -0.454 e. The lowest BCUT2D eigenvalue weighted by Crippen LogP contribution is -2.32. The first-order valence-electron chi connectivity index (χ1n) is 6.61. The molecule has 5 heteroatoms. The van der Waals surface area contributed by atoms with Gasteiger partial charge in [0.05, 0.1) is 5.56 Å². The molecule has 3 N–H and O–H groups in total. The Morgan fingerprint density at radius 3 is 2.79 bits per heavy atom. The summed E-state index contributed by atoms with van der Waals surface area (Å²) in [6.45, 7) is 4.30. The van der Waals surface area contributed by atoms with Crippen molar-refractivity contribution < 1.29 is 14.3 Å². The Hall–Kier alpha value is -1.91. The monoisotopic (exact) mass is 264 g/mol. The van der Waals surface area contributed by atoms with Gasteiger partial charge in [-0.15, -0.1) is 0 Å². The molecule has 1 atom stereocenters. The highest BCUT2D eigenvalue weighted by atomic mass is 16.7. The summed E-state index contributed by atoms with van der Waals surface area (Å²) in [7, 11) is 0. The molecular weight excluding hydrogens is 244 g/mol. The maximum absolute atomic E-state index is 12.2. The molecule has 1 aliphatic heterocycles. The number of anilines is 1. The van der Waals surface area contributed by atoms with Crippen LogP contribution >= 0.6 is 0 Å². The molecule has 0 saturated carbocycles. The fourth-order valence-electron chi connectivity index (χ4n) is 2.04. The van der Waals surface area contributed by atoms with E-state index in [4.69, 9.17) is 15.2 Å². The molecule has 0 spiro atoms. The lowest BCUT2D eigenvalue weighted by molar-refractivity contribution is 0.0938. The number of ether oxygens (including phenoxy) is 2. The number of nitrogen functional groups attached to an aromatic ring is 1. The van der Waals surface area contributed by atoms with E-state index in [1.807, 2.05) is 6.92 Å². The molecule has 0 aromatic heterocycles. The summed E-state index contributed by atoms with van der Waals surface area (Å²) in [6.07, 6.45) is 3.18. The Morgan fingerprint density at radius 2 is 2.11 bits per heavy atom. The molecule has 0 aliphatic carbocycles. The number of nitrogens with one attached hydrogen (secondary N) is 1. The minimum atomic E-state index is -0.167. The summed E-state index contributed by atoms with van der Waals surface area (Å²) in [5, 5.41) is 2.95. The smallest absolute Gasteiger partial charge is 0.253 e. The SMILES string of the molecule is CCCCC(C)NC(=O)c1cc2c(cc1N)OCO2. The maximum atomic E-state index is 12.2. The Labute approximate surface area is 113 Å². The molecule has 104 valence electrons. The van der Waals surface area contributed by atoms with Crippen molar-refractivity contribution in [1.29, 1.82) is 0 Å². The van der Waals surface area contributed by atoms with Crippen LogP contribution in [0.25, 0.3) is 0 Å². The quantitative estimate of drug-likeness (QED) is 0.800. The van der Waals surface area contributed by atoms with Crippen LogP contribution in [-0.2, 0) is 0 Å². The number of benzene rings is 1. The summed E-state index contributed by atoms with van der Waals surface area (Å²) >= 11 is 0. The number of carbonyl (C=O) groups is 1. The number of hydrogen-bond acceptors (Lipinski definition) is 4. The van der Waals surface area contributed by atoms with Gasteiger partial charge in [-0.05, 0) is 19.4 Å². The second kappa shape index (κ2) is 5.82. The zero-order valence-electron chi connectivity index (χ0n) is 11.4. The van der Waals surface area contributed by atoms with Gasteiger partial charge in [0, 0.05) is 17.8 Å². The number of fused-ring (bicyclic) bond motifs is 1. The summed E-state index contributed by atoms with van der Waals surface area (Å²) < 4.78 is 10.5. The number of hydrogen-bond donors (Lipinski definition) is 2. The molecule has 0 saturated heterocycles. The van der Waals surface area contributed by atoms with Gasteiger partial charge in [0.1, 0.15) is 0 Å². The Morgan fingerprint density at radius 1 is 1.42 bits per heavy atom. The van der Waals surface area contributed by atoms with E-state index in [9.17, 15) is 4.79 Å². The van der Waals surface area contributed by atoms with Gasteiger partial charge >= 0.3 is 0 Å². The van der Waals surface area contributed by atoms with Gasteiger partial charge in [-0.1, -0.05) is 19.8 Å². The van der Waals surface area contributed by atoms with Crippen molar-refractivity contribution in [2.24, 2.45) is 0 Å². The number of unbranched alkanes of at least 4 members (excludes halogenated alkanes) is 1. The predicted molar refractivity (Wildman–Crippen MR) is 73.4 cm³/mol. The van der Waals surface area contributed by atoms with E-state index in [0.29, 0.717) is 22.7 Å². The van der Waals surface area contributed by atoms with E-state index in [-0.39, 0.29) is 18.7 Å². The molecule has 19 heavy (non-hydrogen) atoms. The van der Waals surface area contributed by atoms with Crippen molar-refractivity contribution in [3.05, 3.63) is 17.7 Å². The average molecular weight is 264 g/mol. The van der Waals surface area contributed by atoms with Crippen molar-refractivity contribution in [2.75, 3.05) is 12.5 Å². The molecule has 5 nitrogen and oxygen atoms in total. The molecule has 0 radical (unpaired) electrons. The second-order valence-corrected chi connectivity index (χ2v) is 4.81. The van der Waals surface area contributed by atoms with Crippen LogP contribution in [0.1, 0.15) is 43.5 Å². The molecule has 2 rings (SSSR count). The van der Waals surface area contributed by atoms with Gasteiger partial charge in [-0.2, -0.15) is 0 Å². The fourth-order valence-corrected chi connectivity index (χ4v) is 2.04. The normalized spacial score (nSPS) is 14.2. The van der Waals surface area contributed by atoms with Crippen molar-refractivity contribution in [3.63, 3.8) is 0 Å². The lowest BCUT2D eigenvalue weighted by atomic mass is 10.1. The topological polar surface area (TPSA) is 73.6 Å². The van der Waals surface area contributed by atoms with Crippen LogP contribution in [-0.4, -0.2) is 18.7 Å². The average Bonchev–Trinajstić information content (AvgIpc) is 2.82. The van der Waals surface area contributed by atoms with E-state index in [0.717, 1.165) is 19.3 Å². The predicted octanol–water partition coefficient (Wildman–Crippen LogP) is 2.31. The molecular formula is C14H20N2O3. The van der Waals surface area contributed by atoms with Gasteiger partial charge in [0.2, 0.25) is 6.79 Å². The summed E-state index contributed by atoms with van der Waals surface area (Å²) in [6, 6.07) is 3.41. The summed E-state index contributed by atoms with van der Waals surface area (Å²) in [5.74, 6) is 0.994. The standard InChI is InChI=1S/C14H20N2O3/c1-3-4-5-9(2)16-14(17)10-6-12-13(7-11(10)15)19-8-18-12/h6-7,9H,3-5,8,15H2,1-2H3,(H,16,17). The van der Waals surface area contributed by atoms with Crippen LogP contribution in [0.15, 0.2) is 12.1 Å². The van der Waals surface area contributed by atoms with Crippen LogP contribution in [0, 0.1) is 0 Å². The van der Waals surface area contributed by atoms with Crippen molar-refractivity contribution in [1.82, 2.24) is 5.32 Å². The largest absolute Gasteiger partial charge is 0.454 e. The van der Waals surface area contributed by atoms with Crippen LogP contribution in [0.2, 0.25) is 0 Å². The third kappa shape index (κ3) is 3.10. The van der Waals surface area contributed by atoms with Gasteiger partial charge in [-0.3, -0.25) is 4.79 Å². The molecule has 0 fully saturated rings. The molecule has 1 aromatic rings. The Kier molecular flexibility index (Phi) is 4.14. The molecule has 1 heterocycles.